The van der Waals surface area contributed by atoms with Crippen molar-refractivity contribution in [2.45, 2.75) is 39.0 Å². The smallest absolute Gasteiger partial charge is 0.407 e. The van der Waals surface area contributed by atoms with Crippen LogP contribution in [0.25, 0.3) is 0 Å². The number of ether oxygens (including phenoxy) is 2. The minimum atomic E-state index is -0.377. The Labute approximate surface area is 180 Å². The van der Waals surface area contributed by atoms with E-state index in [4.69, 9.17) is 15.2 Å². The van der Waals surface area contributed by atoms with Crippen molar-refractivity contribution in [3.63, 3.8) is 0 Å². The maximum atomic E-state index is 12.5. The van der Waals surface area contributed by atoms with Crippen molar-refractivity contribution in [2.75, 3.05) is 31.3 Å². The SMILES string of the molecule is CCNC(=O)OCC1CCc2c(sc(NC(=O)CCc3cccc(OC)c3)c2N)C1. The Hall–Kier alpha value is -2.74. The normalized spacial score (nSPS) is 15.2. The average molecular weight is 432 g/mol. The summed E-state index contributed by atoms with van der Waals surface area (Å²) in [4.78, 5) is 25.1. The quantitative estimate of drug-likeness (QED) is 0.591. The van der Waals surface area contributed by atoms with Gasteiger partial charge in [-0.1, -0.05) is 12.1 Å². The van der Waals surface area contributed by atoms with Gasteiger partial charge in [0, 0.05) is 17.8 Å². The first kappa shape index (κ1) is 22.0. The van der Waals surface area contributed by atoms with E-state index in [1.807, 2.05) is 31.2 Å². The number of thiophene rings is 1. The Morgan fingerprint density at radius 1 is 1.33 bits per heavy atom. The molecule has 4 N–H and O–H groups in total. The third-order valence-electron chi connectivity index (χ3n) is 5.21. The number of aryl methyl sites for hydroxylation is 1. The van der Waals surface area contributed by atoms with Crippen LogP contribution in [0, 0.1) is 5.92 Å². The van der Waals surface area contributed by atoms with E-state index >= 15 is 0 Å². The van der Waals surface area contributed by atoms with E-state index < -0.39 is 0 Å². The number of rotatable bonds is 8. The van der Waals surface area contributed by atoms with Gasteiger partial charge in [-0.3, -0.25) is 4.79 Å². The predicted molar refractivity (Wildman–Crippen MR) is 119 cm³/mol. The summed E-state index contributed by atoms with van der Waals surface area (Å²) in [6.07, 6.45) is 3.18. The molecule has 8 heteroatoms. The van der Waals surface area contributed by atoms with Gasteiger partial charge in [0.25, 0.3) is 0 Å². The van der Waals surface area contributed by atoms with Crippen LogP contribution in [0.5, 0.6) is 5.75 Å². The van der Waals surface area contributed by atoms with Crippen LogP contribution in [0.3, 0.4) is 0 Å². The van der Waals surface area contributed by atoms with Gasteiger partial charge in [-0.2, -0.15) is 0 Å². The van der Waals surface area contributed by atoms with Gasteiger partial charge in [0.1, 0.15) is 10.8 Å². The number of alkyl carbamates (subject to hydrolysis) is 1. The molecule has 1 aliphatic rings. The Morgan fingerprint density at radius 3 is 2.93 bits per heavy atom. The zero-order valence-electron chi connectivity index (χ0n) is 17.5. The molecule has 0 fully saturated rings. The molecule has 7 nitrogen and oxygen atoms in total. The number of fused-ring (bicyclic) bond motifs is 1. The van der Waals surface area contributed by atoms with Crippen LogP contribution < -0.4 is 21.1 Å². The molecular weight excluding hydrogens is 402 g/mol. The summed E-state index contributed by atoms with van der Waals surface area (Å²) in [6, 6.07) is 7.73. The molecule has 1 atom stereocenters. The zero-order valence-corrected chi connectivity index (χ0v) is 18.3. The van der Waals surface area contributed by atoms with Gasteiger partial charge in [-0.15, -0.1) is 11.3 Å². The fourth-order valence-electron chi connectivity index (χ4n) is 3.58. The Morgan fingerprint density at radius 2 is 2.17 bits per heavy atom. The number of hydrogen-bond acceptors (Lipinski definition) is 6. The van der Waals surface area contributed by atoms with Crippen LogP contribution in [0.15, 0.2) is 24.3 Å². The standard InChI is InChI=1S/C22H29N3O4S/c1-3-24-22(27)29-13-15-7-9-17-18(12-15)30-21(20(17)23)25-19(26)10-8-14-5-4-6-16(11-14)28-2/h4-6,11,15H,3,7-10,12-13,23H2,1-2H3,(H,24,27)(H,25,26). The van der Waals surface area contributed by atoms with Crippen molar-refractivity contribution in [1.82, 2.24) is 5.32 Å². The predicted octanol–water partition coefficient (Wildman–Crippen LogP) is 3.76. The number of benzene rings is 1. The van der Waals surface area contributed by atoms with Crippen LogP contribution in [0.1, 0.15) is 35.8 Å². The Bertz CT molecular complexity index is 897. The first-order valence-corrected chi connectivity index (χ1v) is 11.0. The molecule has 0 saturated heterocycles. The molecule has 0 spiro atoms. The molecule has 2 aromatic rings. The van der Waals surface area contributed by atoms with Gasteiger partial charge < -0.3 is 25.8 Å². The van der Waals surface area contributed by atoms with Crippen LogP contribution in [0.2, 0.25) is 0 Å². The molecule has 1 unspecified atom stereocenters. The summed E-state index contributed by atoms with van der Waals surface area (Å²) in [6.45, 7) is 2.80. The number of amides is 2. The van der Waals surface area contributed by atoms with Gasteiger partial charge in [0.05, 0.1) is 19.4 Å². The highest BCUT2D eigenvalue weighted by Crippen LogP contribution is 2.41. The zero-order chi connectivity index (χ0) is 21.5. The molecule has 0 aliphatic heterocycles. The van der Waals surface area contributed by atoms with Gasteiger partial charge in [0.2, 0.25) is 5.91 Å². The second-order valence-electron chi connectivity index (χ2n) is 7.38. The highest BCUT2D eigenvalue weighted by atomic mass is 32.1. The number of nitrogens with two attached hydrogens (primary N) is 1. The van der Waals surface area contributed by atoms with Gasteiger partial charge in [-0.05, 0) is 61.8 Å². The van der Waals surface area contributed by atoms with E-state index in [9.17, 15) is 9.59 Å². The summed E-state index contributed by atoms with van der Waals surface area (Å²) >= 11 is 1.53. The van der Waals surface area contributed by atoms with E-state index in [1.54, 1.807) is 7.11 Å². The van der Waals surface area contributed by atoms with Crippen molar-refractivity contribution in [3.8, 4) is 5.75 Å². The summed E-state index contributed by atoms with van der Waals surface area (Å²) in [5.41, 5.74) is 9.16. The van der Waals surface area contributed by atoms with E-state index in [0.717, 1.165) is 41.1 Å². The molecule has 3 rings (SSSR count). The molecule has 1 aliphatic carbocycles. The summed E-state index contributed by atoms with van der Waals surface area (Å²) in [7, 11) is 1.63. The number of hydrogen-bond donors (Lipinski definition) is 3. The first-order chi connectivity index (χ1) is 14.5. The fourth-order valence-corrected chi connectivity index (χ4v) is 4.88. The van der Waals surface area contributed by atoms with Gasteiger partial charge >= 0.3 is 6.09 Å². The van der Waals surface area contributed by atoms with E-state index in [0.29, 0.717) is 31.7 Å². The molecule has 162 valence electrons. The number of anilines is 2. The fraction of sp³-hybridized carbons (Fsp3) is 0.455. The lowest BCUT2D eigenvalue weighted by atomic mass is 9.89. The molecule has 1 aromatic heterocycles. The molecule has 1 heterocycles. The topological polar surface area (TPSA) is 103 Å². The molecule has 1 aromatic carbocycles. The number of carbonyl (C=O) groups is 2. The Kier molecular flexibility index (Phi) is 7.57. The Balaban J connectivity index is 1.54. The van der Waals surface area contributed by atoms with Crippen molar-refractivity contribution in [3.05, 3.63) is 40.3 Å². The van der Waals surface area contributed by atoms with Gasteiger partial charge in [0.15, 0.2) is 0 Å². The highest BCUT2D eigenvalue weighted by Gasteiger charge is 2.26. The summed E-state index contributed by atoms with van der Waals surface area (Å²) in [5, 5.41) is 6.34. The number of nitrogen functional groups attached to an aromatic ring is 1. The maximum Gasteiger partial charge on any atom is 0.407 e. The minimum absolute atomic E-state index is 0.0563. The molecular formula is C22H29N3O4S. The van der Waals surface area contributed by atoms with Crippen LogP contribution >= 0.6 is 11.3 Å². The maximum absolute atomic E-state index is 12.5. The van der Waals surface area contributed by atoms with Gasteiger partial charge in [-0.25, -0.2) is 4.79 Å². The molecule has 2 amide bonds. The van der Waals surface area contributed by atoms with Crippen molar-refractivity contribution in [1.29, 1.82) is 0 Å². The van der Waals surface area contributed by atoms with Crippen molar-refractivity contribution >= 4 is 34.0 Å². The van der Waals surface area contributed by atoms with Crippen molar-refractivity contribution < 1.29 is 19.1 Å². The lowest BCUT2D eigenvalue weighted by molar-refractivity contribution is -0.116. The molecule has 30 heavy (non-hydrogen) atoms. The van der Waals surface area contributed by atoms with Crippen LogP contribution in [-0.4, -0.2) is 32.3 Å². The lowest BCUT2D eigenvalue weighted by Crippen LogP contribution is -2.27. The van der Waals surface area contributed by atoms with E-state index in [-0.39, 0.29) is 17.9 Å². The second-order valence-corrected chi connectivity index (χ2v) is 8.49. The lowest BCUT2D eigenvalue weighted by Gasteiger charge is -2.22. The first-order valence-electron chi connectivity index (χ1n) is 10.2. The average Bonchev–Trinajstić information content (AvgIpc) is 3.05. The molecule has 0 radical (unpaired) electrons. The summed E-state index contributed by atoms with van der Waals surface area (Å²) in [5.74, 6) is 1.00. The largest absolute Gasteiger partial charge is 0.497 e. The third kappa shape index (κ3) is 5.66. The number of nitrogens with one attached hydrogen (secondary N) is 2. The van der Waals surface area contributed by atoms with E-state index in [2.05, 4.69) is 10.6 Å². The summed E-state index contributed by atoms with van der Waals surface area (Å²) < 4.78 is 10.5. The molecule has 0 bridgehead atoms. The second kappa shape index (κ2) is 10.3. The third-order valence-corrected chi connectivity index (χ3v) is 6.39. The van der Waals surface area contributed by atoms with Crippen molar-refractivity contribution in [2.24, 2.45) is 5.92 Å². The van der Waals surface area contributed by atoms with E-state index in [1.165, 1.54) is 16.2 Å². The molecule has 0 saturated carbocycles. The van der Waals surface area contributed by atoms with Crippen LogP contribution in [0.4, 0.5) is 15.5 Å². The monoisotopic (exact) mass is 431 g/mol. The minimum Gasteiger partial charge on any atom is -0.497 e. The van der Waals surface area contributed by atoms with Crippen LogP contribution in [-0.2, 0) is 28.8 Å². The number of carbonyl (C=O) groups excluding carboxylic acids is 2. The highest BCUT2D eigenvalue weighted by molar-refractivity contribution is 7.17. The number of methoxy groups -OCH3 is 1.